The van der Waals surface area contributed by atoms with E-state index in [1.165, 1.54) is 18.9 Å². The van der Waals surface area contributed by atoms with Crippen LogP contribution >= 0.6 is 0 Å². The number of methoxy groups -OCH3 is 1. The summed E-state index contributed by atoms with van der Waals surface area (Å²) in [6.45, 7) is 2.23. The first-order chi connectivity index (χ1) is 17.6. The van der Waals surface area contributed by atoms with Crippen LogP contribution in [0.2, 0.25) is 0 Å². The van der Waals surface area contributed by atoms with Crippen LogP contribution < -0.4 is 4.74 Å². The Hall–Kier alpha value is -3.12. The molecule has 188 valence electrons. The summed E-state index contributed by atoms with van der Waals surface area (Å²) >= 11 is 0. The Labute approximate surface area is 210 Å². The maximum Gasteiger partial charge on any atom is 0.213 e. The summed E-state index contributed by atoms with van der Waals surface area (Å²) in [6.07, 6.45) is 4.80. The lowest BCUT2D eigenvalue weighted by molar-refractivity contribution is 0.0962. The lowest BCUT2D eigenvalue weighted by atomic mass is 9.86. The topological polar surface area (TPSA) is 25.4 Å². The van der Waals surface area contributed by atoms with Gasteiger partial charge in [-0.3, -0.25) is 4.39 Å². The number of ether oxygens (including phenoxy) is 1. The maximum atomic E-state index is 15.4. The molecular weight excluding hydrogens is 461 g/mol. The van der Waals surface area contributed by atoms with Gasteiger partial charge in [-0.15, -0.1) is 0 Å². The van der Waals surface area contributed by atoms with Crippen LogP contribution in [-0.4, -0.2) is 43.3 Å². The molecule has 6 heteroatoms. The number of hydrogen-bond acceptors (Lipinski definition) is 3. The highest BCUT2D eigenvalue weighted by atomic mass is 19.1. The molecule has 2 aliphatic rings. The lowest BCUT2D eigenvalue weighted by Gasteiger charge is -2.39. The number of rotatable bonds is 8. The minimum Gasteiger partial charge on any atom is -0.481 e. The number of likely N-dealkylation sites (tertiary alicyclic amines) is 1. The normalized spacial score (nSPS) is 16.4. The fourth-order valence-corrected chi connectivity index (χ4v) is 5.54. The number of fused-ring (bicyclic) bond motifs is 1. The first-order valence-electron chi connectivity index (χ1n) is 12.7. The van der Waals surface area contributed by atoms with Gasteiger partial charge in [0.15, 0.2) is 0 Å². The molecule has 2 aromatic carbocycles. The van der Waals surface area contributed by atoms with Gasteiger partial charge >= 0.3 is 0 Å². The van der Waals surface area contributed by atoms with E-state index in [1.54, 1.807) is 12.1 Å². The Bertz CT molecular complexity index is 1270. The molecule has 1 aromatic heterocycles. The minimum atomic E-state index is -0.415. The molecule has 2 heterocycles. The Kier molecular flexibility index (Phi) is 7.42. The summed E-state index contributed by atoms with van der Waals surface area (Å²) in [4.78, 5) is 6.22. The zero-order valence-corrected chi connectivity index (χ0v) is 20.6. The van der Waals surface area contributed by atoms with Crippen molar-refractivity contribution >= 4 is 11.1 Å². The Morgan fingerprint density at radius 2 is 1.83 bits per heavy atom. The average Bonchev–Trinajstić information content (AvgIpc) is 3.06. The minimum absolute atomic E-state index is 0.240. The number of benzene rings is 2. The number of halogens is 3. The second kappa shape index (κ2) is 10.9. The van der Waals surface area contributed by atoms with Crippen molar-refractivity contribution < 1.29 is 17.9 Å². The smallest absolute Gasteiger partial charge is 0.213 e. The molecule has 3 aromatic rings. The van der Waals surface area contributed by atoms with Gasteiger partial charge in [-0.1, -0.05) is 36.4 Å². The standard InChI is InChI=1S/C30H31F3N2O/c1-36-29-16-26(28(33)17-34-29)25-9-4-7-21-6-2-3-8-24(21)30(25)23-11-10-22(27(32)15-23)14-20-18-35(19-20)13-5-12-31/h2-3,6,8,10-11,15-17,20H,4-5,7,9,12-14,18-19H2,1H3. The van der Waals surface area contributed by atoms with E-state index in [9.17, 15) is 4.39 Å². The molecule has 0 amide bonds. The van der Waals surface area contributed by atoms with Crippen molar-refractivity contribution in [3.63, 3.8) is 0 Å². The average molecular weight is 493 g/mol. The lowest BCUT2D eigenvalue weighted by Crippen LogP contribution is -2.48. The van der Waals surface area contributed by atoms with Crippen molar-refractivity contribution in [2.24, 2.45) is 5.92 Å². The molecule has 1 aliphatic heterocycles. The molecule has 1 saturated heterocycles. The van der Waals surface area contributed by atoms with E-state index in [4.69, 9.17) is 4.74 Å². The number of pyridine rings is 1. The molecule has 1 fully saturated rings. The summed E-state index contributed by atoms with van der Waals surface area (Å²) in [7, 11) is 1.51. The molecule has 0 bridgehead atoms. The van der Waals surface area contributed by atoms with E-state index in [-0.39, 0.29) is 12.5 Å². The van der Waals surface area contributed by atoms with Crippen LogP contribution in [-0.2, 0) is 12.8 Å². The highest BCUT2D eigenvalue weighted by Gasteiger charge is 2.28. The SMILES string of the molecule is COc1cc(C2=C(c3ccc(CC4CN(CCCF)C4)c(F)c3)c3ccccc3CCC2)c(F)cn1. The molecule has 0 saturated carbocycles. The first-order valence-corrected chi connectivity index (χ1v) is 12.7. The van der Waals surface area contributed by atoms with Crippen molar-refractivity contribution in [2.75, 3.05) is 33.4 Å². The number of alkyl halides is 1. The molecule has 3 nitrogen and oxygen atoms in total. The monoisotopic (exact) mass is 492 g/mol. The van der Waals surface area contributed by atoms with Gasteiger partial charge in [-0.05, 0) is 77.5 Å². The number of allylic oxidation sites excluding steroid dienone is 1. The van der Waals surface area contributed by atoms with Crippen molar-refractivity contribution in [3.05, 3.63) is 94.2 Å². The highest BCUT2D eigenvalue weighted by Crippen LogP contribution is 2.41. The third kappa shape index (κ3) is 5.05. The van der Waals surface area contributed by atoms with Crippen LogP contribution in [0.1, 0.15) is 47.1 Å². The Morgan fingerprint density at radius 1 is 1.00 bits per heavy atom. The van der Waals surface area contributed by atoms with E-state index < -0.39 is 5.82 Å². The van der Waals surface area contributed by atoms with Gasteiger partial charge in [0.05, 0.1) is 20.0 Å². The molecular formula is C30H31F3N2O. The van der Waals surface area contributed by atoms with E-state index >= 15 is 8.78 Å². The molecule has 1 aliphatic carbocycles. The van der Waals surface area contributed by atoms with Crippen molar-refractivity contribution in [3.8, 4) is 5.88 Å². The molecule has 0 N–H and O–H groups in total. The van der Waals surface area contributed by atoms with E-state index in [1.807, 2.05) is 30.3 Å². The predicted octanol–water partition coefficient (Wildman–Crippen LogP) is 6.50. The quantitative estimate of drug-likeness (QED) is 0.359. The van der Waals surface area contributed by atoms with Crippen LogP contribution in [0.4, 0.5) is 13.2 Å². The summed E-state index contributed by atoms with van der Waals surface area (Å²) in [5, 5.41) is 0. The summed E-state index contributed by atoms with van der Waals surface area (Å²) in [6, 6.07) is 15.2. The molecule has 0 unspecified atom stereocenters. The maximum absolute atomic E-state index is 15.4. The van der Waals surface area contributed by atoms with Gasteiger partial charge < -0.3 is 9.64 Å². The van der Waals surface area contributed by atoms with Gasteiger partial charge in [0.1, 0.15) is 11.6 Å². The van der Waals surface area contributed by atoms with Crippen LogP contribution in [0.15, 0.2) is 54.7 Å². The van der Waals surface area contributed by atoms with Gasteiger partial charge in [0.25, 0.3) is 0 Å². The van der Waals surface area contributed by atoms with Gasteiger partial charge in [-0.25, -0.2) is 13.8 Å². The van der Waals surface area contributed by atoms with Crippen LogP contribution in [0, 0.1) is 17.6 Å². The first kappa shape index (κ1) is 24.6. The third-order valence-electron chi connectivity index (χ3n) is 7.32. The molecule has 0 spiro atoms. The van der Waals surface area contributed by atoms with E-state index in [0.717, 1.165) is 54.7 Å². The second-order valence-corrected chi connectivity index (χ2v) is 9.75. The largest absolute Gasteiger partial charge is 0.481 e. The van der Waals surface area contributed by atoms with Crippen LogP contribution in [0.5, 0.6) is 5.88 Å². The number of aryl methyl sites for hydroxylation is 1. The second-order valence-electron chi connectivity index (χ2n) is 9.75. The zero-order chi connectivity index (χ0) is 25.1. The Morgan fingerprint density at radius 3 is 2.61 bits per heavy atom. The van der Waals surface area contributed by atoms with Crippen molar-refractivity contribution in [1.82, 2.24) is 9.88 Å². The summed E-state index contributed by atoms with van der Waals surface area (Å²) in [5.41, 5.74) is 5.77. The van der Waals surface area contributed by atoms with E-state index in [2.05, 4.69) is 16.0 Å². The third-order valence-corrected chi connectivity index (χ3v) is 7.32. The predicted molar refractivity (Wildman–Crippen MR) is 137 cm³/mol. The van der Waals surface area contributed by atoms with Gasteiger partial charge in [0.2, 0.25) is 5.88 Å². The van der Waals surface area contributed by atoms with Crippen molar-refractivity contribution in [1.29, 1.82) is 0 Å². The highest BCUT2D eigenvalue weighted by molar-refractivity contribution is 6.00. The van der Waals surface area contributed by atoms with Crippen LogP contribution in [0.25, 0.3) is 11.1 Å². The summed E-state index contributed by atoms with van der Waals surface area (Å²) < 4.78 is 48.2. The zero-order valence-electron chi connectivity index (χ0n) is 20.6. The van der Waals surface area contributed by atoms with Gasteiger partial charge in [0, 0.05) is 31.3 Å². The van der Waals surface area contributed by atoms with Gasteiger partial charge in [-0.2, -0.15) is 0 Å². The van der Waals surface area contributed by atoms with Crippen LogP contribution in [0.3, 0.4) is 0 Å². The fraction of sp³-hybridized carbons (Fsp3) is 0.367. The molecule has 0 atom stereocenters. The number of nitrogens with zero attached hydrogens (tertiary/aromatic N) is 2. The Balaban J connectivity index is 1.52. The van der Waals surface area contributed by atoms with Crippen molar-refractivity contribution in [2.45, 2.75) is 32.1 Å². The molecule has 5 rings (SSSR count). The molecule has 36 heavy (non-hydrogen) atoms. The number of hydrogen-bond donors (Lipinski definition) is 0. The fourth-order valence-electron chi connectivity index (χ4n) is 5.54. The number of aromatic nitrogens is 1. The summed E-state index contributed by atoms with van der Waals surface area (Å²) in [5.74, 6) is 0.0771. The molecule has 0 radical (unpaired) electrons. The van der Waals surface area contributed by atoms with E-state index in [0.29, 0.717) is 42.2 Å².